The molecule has 4 aromatic rings. The lowest BCUT2D eigenvalue weighted by Gasteiger charge is -2.05. The second-order valence-corrected chi connectivity index (χ2v) is 5.34. The van der Waals surface area contributed by atoms with Crippen molar-refractivity contribution in [1.82, 2.24) is 15.0 Å². The minimum atomic E-state index is -0.313. The molecule has 6 heteroatoms. The maximum atomic E-state index is 12.4. The molecule has 0 radical (unpaired) electrons. The maximum Gasteiger partial charge on any atom is 0.275 e. The molecule has 24 heavy (non-hydrogen) atoms. The zero-order valence-electron chi connectivity index (χ0n) is 13.0. The number of anilines is 1. The Balaban J connectivity index is 1.62. The van der Waals surface area contributed by atoms with E-state index in [9.17, 15) is 4.79 Å². The number of aromatic nitrogens is 3. The number of aryl methyl sites for hydroxylation is 1. The van der Waals surface area contributed by atoms with Crippen LogP contribution in [-0.4, -0.2) is 20.9 Å². The van der Waals surface area contributed by atoms with Crippen LogP contribution >= 0.6 is 0 Å². The number of para-hydroxylation sites is 2. The molecule has 2 heterocycles. The number of carbonyl (C=O) groups is 1. The van der Waals surface area contributed by atoms with Gasteiger partial charge in [0.1, 0.15) is 11.2 Å². The normalized spacial score (nSPS) is 11.0. The number of hydrogen-bond donors (Lipinski definition) is 1. The molecule has 0 aliphatic carbocycles. The molecule has 2 aromatic heterocycles. The Morgan fingerprint density at radius 3 is 2.75 bits per heavy atom. The van der Waals surface area contributed by atoms with Crippen molar-refractivity contribution in [3.63, 3.8) is 0 Å². The van der Waals surface area contributed by atoms with Crippen LogP contribution in [0.15, 0.2) is 53.1 Å². The number of nitrogens with one attached hydrogen (secondary N) is 1. The highest BCUT2D eigenvalue weighted by Gasteiger charge is 2.11. The largest absolute Gasteiger partial charge is 0.441 e. The molecule has 0 unspecified atom stereocenters. The third-order valence-electron chi connectivity index (χ3n) is 3.67. The van der Waals surface area contributed by atoms with Crippen LogP contribution < -0.4 is 5.32 Å². The third kappa shape index (κ3) is 2.58. The molecule has 0 saturated heterocycles. The quantitative estimate of drug-likeness (QED) is 0.624. The average molecular weight is 318 g/mol. The summed E-state index contributed by atoms with van der Waals surface area (Å²) in [7, 11) is 0. The van der Waals surface area contributed by atoms with E-state index >= 15 is 0 Å². The molecule has 4 rings (SSSR count). The molecule has 0 aliphatic rings. The number of amides is 1. The van der Waals surface area contributed by atoms with Crippen LogP contribution in [0.4, 0.5) is 5.69 Å². The van der Waals surface area contributed by atoms with E-state index in [4.69, 9.17) is 4.42 Å². The molecular formula is C18H14N4O2. The van der Waals surface area contributed by atoms with Crippen molar-refractivity contribution >= 4 is 33.7 Å². The minimum absolute atomic E-state index is 0.267. The predicted molar refractivity (Wildman–Crippen MR) is 90.9 cm³/mol. The van der Waals surface area contributed by atoms with Gasteiger partial charge in [-0.25, -0.2) is 9.97 Å². The highest BCUT2D eigenvalue weighted by molar-refractivity contribution is 6.04. The second-order valence-electron chi connectivity index (χ2n) is 5.34. The van der Waals surface area contributed by atoms with Gasteiger partial charge in [0, 0.05) is 12.1 Å². The molecular weight excluding hydrogens is 304 g/mol. The van der Waals surface area contributed by atoms with E-state index in [1.165, 1.54) is 6.20 Å². The van der Waals surface area contributed by atoms with E-state index in [-0.39, 0.29) is 11.6 Å². The average Bonchev–Trinajstić information content (AvgIpc) is 3.03. The molecule has 0 fully saturated rings. The lowest BCUT2D eigenvalue weighted by atomic mass is 10.2. The Bertz CT molecular complexity index is 1060. The predicted octanol–water partition coefficient (Wildman–Crippen LogP) is 3.59. The van der Waals surface area contributed by atoms with Gasteiger partial charge in [0.2, 0.25) is 0 Å². The molecule has 0 bridgehead atoms. The van der Waals surface area contributed by atoms with E-state index in [0.717, 1.165) is 11.9 Å². The summed E-state index contributed by atoms with van der Waals surface area (Å²) in [6.45, 7) is 1.98. The Kier molecular flexibility index (Phi) is 3.42. The van der Waals surface area contributed by atoms with E-state index in [1.54, 1.807) is 18.2 Å². The number of hydrogen-bond acceptors (Lipinski definition) is 5. The first-order chi connectivity index (χ1) is 11.7. The molecule has 1 N–H and O–H groups in total. The topological polar surface area (TPSA) is 80.9 Å². The summed E-state index contributed by atoms with van der Waals surface area (Å²) in [4.78, 5) is 25.4. The van der Waals surface area contributed by atoms with Gasteiger partial charge in [-0.1, -0.05) is 19.1 Å². The van der Waals surface area contributed by atoms with E-state index in [0.29, 0.717) is 28.2 Å². The fourth-order valence-electron chi connectivity index (χ4n) is 2.47. The van der Waals surface area contributed by atoms with Crippen LogP contribution in [0.1, 0.15) is 23.3 Å². The summed E-state index contributed by atoms with van der Waals surface area (Å²) in [5.41, 5.74) is 3.76. The van der Waals surface area contributed by atoms with Gasteiger partial charge >= 0.3 is 0 Å². The highest BCUT2D eigenvalue weighted by Crippen LogP contribution is 2.20. The van der Waals surface area contributed by atoms with E-state index < -0.39 is 0 Å². The van der Waals surface area contributed by atoms with Gasteiger partial charge in [-0.3, -0.25) is 9.78 Å². The molecule has 2 aromatic carbocycles. The zero-order valence-corrected chi connectivity index (χ0v) is 13.0. The summed E-state index contributed by atoms with van der Waals surface area (Å²) in [6.07, 6.45) is 2.20. The Morgan fingerprint density at radius 1 is 1.08 bits per heavy atom. The smallest absolute Gasteiger partial charge is 0.275 e. The lowest BCUT2D eigenvalue weighted by molar-refractivity contribution is 0.102. The molecule has 118 valence electrons. The Morgan fingerprint density at radius 2 is 1.92 bits per heavy atom. The number of oxazole rings is 1. The highest BCUT2D eigenvalue weighted by atomic mass is 16.3. The van der Waals surface area contributed by atoms with Crippen molar-refractivity contribution in [2.24, 2.45) is 0 Å². The van der Waals surface area contributed by atoms with Crippen molar-refractivity contribution in [2.75, 3.05) is 5.32 Å². The van der Waals surface area contributed by atoms with Crippen LogP contribution in [0.2, 0.25) is 0 Å². The fraction of sp³-hybridized carbons (Fsp3) is 0.111. The van der Waals surface area contributed by atoms with Crippen LogP contribution in [0, 0.1) is 0 Å². The van der Waals surface area contributed by atoms with Crippen LogP contribution in [0.5, 0.6) is 0 Å². The van der Waals surface area contributed by atoms with E-state index in [2.05, 4.69) is 20.3 Å². The van der Waals surface area contributed by atoms with Gasteiger partial charge in [-0.15, -0.1) is 0 Å². The molecule has 0 aliphatic heterocycles. The number of carbonyl (C=O) groups excluding carboxylic acids is 1. The second kappa shape index (κ2) is 5.73. The van der Waals surface area contributed by atoms with Crippen LogP contribution in [0.3, 0.4) is 0 Å². The third-order valence-corrected chi connectivity index (χ3v) is 3.67. The van der Waals surface area contributed by atoms with Gasteiger partial charge in [0.05, 0.1) is 17.2 Å². The summed E-state index contributed by atoms with van der Waals surface area (Å²) >= 11 is 0. The summed E-state index contributed by atoms with van der Waals surface area (Å²) in [5.74, 6) is 0.362. The monoisotopic (exact) mass is 318 g/mol. The first-order valence-corrected chi connectivity index (χ1v) is 7.65. The van der Waals surface area contributed by atoms with Crippen molar-refractivity contribution < 1.29 is 9.21 Å². The SMILES string of the molecule is CCc1nc2cc(NC(=O)c3cnc4ccccc4n3)ccc2o1. The van der Waals surface area contributed by atoms with Crippen LogP contribution in [-0.2, 0) is 6.42 Å². The van der Waals surface area contributed by atoms with Gasteiger partial charge in [-0.2, -0.15) is 0 Å². The molecule has 0 saturated carbocycles. The summed E-state index contributed by atoms with van der Waals surface area (Å²) < 4.78 is 5.56. The summed E-state index contributed by atoms with van der Waals surface area (Å²) in [5, 5.41) is 2.82. The lowest BCUT2D eigenvalue weighted by Crippen LogP contribution is -2.14. The maximum absolute atomic E-state index is 12.4. The number of nitrogens with zero attached hydrogens (tertiary/aromatic N) is 3. The van der Waals surface area contributed by atoms with Gasteiger partial charge < -0.3 is 9.73 Å². The fourth-order valence-corrected chi connectivity index (χ4v) is 2.47. The van der Waals surface area contributed by atoms with E-state index in [1.807, 2.05) is 31.2 Å². The first-order valence-electron chi connectivity index (χ1n) is 7.65. The molecule has 0 atom stereocenters. The number of fused-ring (bicyclic) bond motifs is 2. The molecule has 6 nitrogen and oxygen atoms in total. The van der Waals surface area contributed by atoms with Gasteiger partial charge in [0.15, 0.2) is 11.5 Å². The standard InChI is InChI=1S/C18H14N4O2/c1-2-17-22-14-9-11(7-8-16(14)24-17)20-18(23)15-10-19-12-5-3-4-6-13(12)21-15/h3-10H,2H2,1H3,(H,20,23). The zero-order chi connectivity index (χ0) is 16.5. The minimum Gasteiger partial charge on any atom is -0.441 e. The van der Waals surface area contributed by atoms with Gasteiger partial charge in [-0.05, 0) is 30.3 Å². The molecule has 1 amide bonds. The Labute approximate surface area is 137 Å². The van der Waals surface area contributed by atoms with Crippen molar-refractivity contribution in [2.45, 2.75) is 13.3 Å². The number of benzene rings is 2. The van der Waals surface area contributed by atoms with Crippen LogP contribution in [0.25, 0.3) is 22.1 Å². The van der Waals surface area contributed by atoms with Gasteiger partial charge in [0.25, 0.3) is 5.91 Å². The van der Waals surface area contributed by atoms with Crippen molar-refractivity contribution in [3.8, 4) is 0 Å². The molecule has 0 spiro atoms. The van der Waals surface area contributed by atoms with Crippen molar-refractivity contribution in [1.29, 1.82) is 0 Å². The Hall–Kier alpha value is -3.28. The first kappa shape index (κ1) is 14.3. The summed E-state index contributed by atoms with van der Waals surface area (Å²) in [6, 6.07) is 12.8. The van der Waals surface area contributed by atoms with Crippen molar-refractivity contribution in [3.05, 3.63) is 60.2 Å². The number of rotatable bonds is 3.